The first-order chi connectivity index (χ1) is 35.0. The third-order valence-electron chi connectivity index (χ3n) is 14.1. The number of esters is 3. The Hall–Kier alpha value is -2.37. The minimum absolute atomic E-state index is 0.0748. The average Bonchev–Trinajstić information content (AvgIpc) is 3.37. The van der Waals surface area contributed by atoms with Crippen molar-refractivity contribution in [3.05, 3.63) is 36.5 Å². The normalized spacial score (nSPS) is 12.2. The van der Waals surface area contributed by atoms with Crippen LogP contribution in [0.4, 0.5) is 0 Å². The van der Waals surface area contributed by atoms with Gasteiger partial charge in [0.2, 0.25) is 0 Å². The predicted octanol–water partition coefficient (Wildman–Crippen LogP) is 21.2. The third kappa shape index (κ3) is 58.4. The maximum Gasteiger partial charge on any atom is 0.306 e. The maximum atomic E-state index is 12.9. The second-order valence-electron chi connectivity index (χ2n) is 21.3. The topological polar surface area (TPSA) is 78.9 Å². The summed E-state index contributed by atoms with van der Waals surface area (Å²) < 4.78 is 16.9. The molecular weight excluding hydrogens is 877 g/mol. The fraction of sp³-hybridized carbons (Fsp3) is 0.862. The molecule has 0 heterocycles. The Kier molecular flexibility index (Phi) is 58.2. The van der Waals surface area contributed by atoms with Crippen LogP contribution in [0.2, 0.25) is 0 Å². The van der Waals surface area contributed by atoms with Crippen LogP contribution >= 0.6 is 0 Å². The average molecular weight is 998 g/mol. The van der Waals surface area contributed by atoms with Crippen LogP contribution in [0.25, 0.3) is 0 Å². The zero-order valence-electron chi connectivity index (χ0n) is 47.8. The van der Waals surface area contributed by atoms with Crippen LogP contribution in [0, 0.1) is 0 Å². The molecule has 0 saturated heterocycles. The van der Waals surface area contributed by atoms with Crippen molar-refractivity contribution in [2.24, 2.45) is 0 Å². The van der Waals surface area contributed by atoms with E-state index in [0.29, 0.717) is 19.3 Å². The largest absolute Gasteiger partial charge is 0.462 e. The summed E-state index contributed by atoms with van der Waals surface area (Å²) in [5.74, 6) is -0.869. The molecule has 71 heavy (non-hydrogen) atoms. The summed E-state index contributed by atoms with van der Waals surface area (Å²) >= 11 is 0. The van der Waals surface area contributed by atoms with Gasteiger partial charge >= 0.3 is 17.9 Å². The fourth-order valence-corrected chi connectivity index (χ4v) is 9.31. The summed E-state index contributed by atoms with van der Waals surface area (Å²) in [4.78, 5) is 38.3. The van der Waals surface area contributed by atoms with Crippen molar-refractivity contribution in [2.45, 2.75) is 348 Å². The number of carbonyl (C=O) groups excluding carboxylic acids is 3. The Morgan fingerprint density at radius 3 is 0.704 bits per heavy atom. The molecule has 0 rings (SSSR count). The second kappa shape index (κ2) is 60.2. The van der Waals surface area contributed by atoms with Gasteiger partial charge in [-0.15, -0.1) is 0 Å². The van der Waals surface area contributed by atoms with Gasteiger partial charge in [-0.25, -0.2) is 0 Å². The SMILES string of the molecule is CCCCCCCC/C=C\CCCCCCCCCCCC(=O)OCC(COC(=O)CCCCCCC/C=C\CCCCCCCCC)OC(=O)CCCCCCCCC/C=C\CCCCCCCCC. The molecule has 0 N–H and O–H groups in total. The van der Waals surface area contributed by atoms with E-state index in [1.54, 1.807) is 0 Å². The molecule has 0 bridgehead atoms. The third-order valence-corrected chi connectivity index (χ3v) is 14.1. The van der Waals surface area contributed by atoms with Crippen molar-refractivity contribution in [3.63, 3.8) is 0 Å². The second-order valence-corrected chi connectivity index (χ2v) is 21.3. The first-order valence-corrected chi connectivity index (χ1v) is 31.5. The van der Waals surface area contributed by atoms with Crippen molar-refractivity contribution in [1.82, 2.24) is 0 Å². The monoisotopic (exact) mass is 997 g/mol. The highest BCUT2D eigenvalue weighted by Gasteiger charge is 2.19. The number of ether oxygens (including phenoxy) is 3. The molecule has 0 aliphatic carbocycles. The molecule has 0 aromatic heterocycles. The molecule has 0 aliphatic rings. The lowest BCUT2D eigenvalue weighted by Crippen LogP contribution is -2.30. The molecule has 0 amide bonds. The van der Waals surface area contributed by atoms with Crippen LogP contribution in [0.3, 0.4) is 0 Å². The lowest BCUT2D eigenvalue weighted by molar-refractivity contribution is -0.167. The summed E-state index contributed by atoms with van der Waals surface area (Å²) in [6.45, 7) is 6.67. The van der Waals surface area contributed by atoms with Crippen LogP contribution in [0.5, 0.6) is 0 Å². The quantitative estimate of drug-likeness (QED) is 0.0261. The Bertz CT molecular complexity index is 1190. The van der Waals surface area contributed by atoms with Crippen molar-refractivity contribution >= 4 is 17.9 Å². The zero-order chi connectivity index (χ0) is 51.4. The predicted molar refractivity (Wildman–Crippen MR) is 307 cm³/mol. The van der Waals surface area contributed by atoms with Crippen molar-refractivity contribution in [3.8, 4) is 0 Å². The molecule has 1 atom stereocenters. The van der Waals surface area contributed by atoms with Crippen LogP contribution in [0.1, 0.15) is 342 Å². The first kappa shape index (κ1) is 68.6. The molecule has 0 saturated carbocycles. The van der Waals surface area contributed by atoms with Gasteiger partial charge in [0.25, 0.3) is 0 Å². The summed E-state index contributed by atoms with van der Waals surface area (Å²) in [6.07, 6.45) is 72.8. The molecule has 6 heteroatoms. The Labute approximate surface area is 442 Å². The van der Waals surface area contributed by atoms with Crippen LogP contribution < -0.4 is 0 Å². The number of unbranched alkanes of at least 4 members (excludes halogenated alkanes) is 41. The zero-order valence-corrected chi connectivity index (χ0v) is 47.8. The highest BCUT2D eigenvalue weighted by atomic mass is 16.6. The van der Waals surface area contributed by atoms with Crippen molar-refractivity contribution in [2.75, 3.05) is 13.2 Å². The summed E-state index contributed by atoms with van der Waals surface area (Å²) in [7, 11) is 0. The number of hydrogen-bond acceptors (Lipinski definition) is 6. The number of rotatable bonds is 58. The first-order valence-electron chi connectivity index (χ1n) is 31.5. The van der Waals surface area contributed by atoms with E-state index >= 15 is 0 Å². The van der Waals surface area contributed by atoms with E-state index in [1.807, 2.05) is 0 Å². The standard InChI is InChI=1S/C65H120O6/c1-4-7-10-13-16-19-22-25-28-31-33-35-37-40-43-46-49-52-55-58-64(67)70-61-62(60-69-63(66)57-54-51-48-45-42-39-36-30-27-24-21-18-15-12-9-6-3)71-65(68)59-56-53-50-47-44-41-38-34-32-29-26-23-20-17-14-11-8-5-2/h25,28-30,32,36,62H,4-24,26-27,31,33-35,37-61H2,1-3H3/b28-25-,32-29-,36-30-. The van der Waals surface area contributed by atoms with Gasteiger partial charge in [0.1, 0.15) is 13.2 Å². The lowest BCUT2D eigenvalue weighted by Gasteiger charge is -2.18. The lowest BCUT2D eigenvalue weighted by atomic mass is 10.1. The number of hydrogen-bond donors (Lipinski definition) is 0. The highest BCUT2D eigenvalue weighted by Crippen LogP contribution is 2.16. The van der Waals surface area contributed by atoms with Crippen molar-refractivity contribution in [1.29, 1.82) is 0 Å². The van der Waals surface area contributed by atoms with Gasteiger partial charge in [-0.2, -0.15) is 0 Å². The summed E-state index contributed by atoms with van der Waals surface area (Å²) in [6, 6.07) is 0. The Balaban J connectivity index is 4.35. The molecule has 0 fully saturated rings. The molecule has 6 nitrogen and oxygen atoms in total. The number of carbonyl (C=O) groups is 3. The molecule has 0 radical (unpaired) electrons. The maximum absolute atomic E-state index is 12.9. The Morgan fingerprint density at radius 2 is 0.465 bits per heavy atom. The molecule has 416 valence electrons. The van der Waals surface area contributed by atoms with E-state index in [1.165, 1.54) is 238 Å². The van der Waals surface area contributed by atoms with E-state index in [0.717, 1.165) is 64.2 Å². The van der Waals surface area contributed by atoms with Gasteiger partial charge in [0.15, 0.2) is 6.10 Å². The Morgan fingerprint density at radius 1 is 0.268 bits per heavy atom. The van der Waals surface area contributed by atoms with Crippen LogP contribution in [0.15, 0.2) is 36.5 Å². The molecule has 0 aromatic rings. The van der Waals surface area contributed by atoms with Crippen LogP contribution in [-0.4, -0.2) is 37.2 Å². The van der Waals surface area contributed by atoms with E-state index < -0.39 is 6.10 Å². The molecule has 1 unspecified atom stereocenters. The fourth-order valence-electron chi connectivity index (χ4n) is 9.31. The van der Waals surface area contributed by atoms with E-state index in [9.17, 15) is 14.4 Å². The summed E-state index contributed by atoms with van der Waals surface area (Å²) in [5.41, 5.74) is 0. The highest BCUT2D eigenvalue weighted by molar-refractivity contribution is 5.71. The van der Waals surface area contributed by atoms with E-state index in [4.69, 9.17) is 14.2 Å². The van der Waals surface area contributed by atoms with Crippen molar-refractivity contribution < 1.29 is 28.6 Å². The molecule has 0 aliphatic heterocycles. The van der Waals surface area contributed by atoms with E-state index in [2.05, 4.69) is 57.2 Å². The minimum Gasteiger partial charge on any atom is -0.462 e. The minimum atomic E-state index is -0.778. The smallest absolute Gasteiger partial charge is 0.306 e. The van der Waals surface area contributed by atoms with Gasteiger partial charge in [-0.3, -0.25) is 14.4 Å². The van der Waals surface area contributed by atoms with Crippen LogP contribution in [-0.2, 0) is 28.6 Å². The van der Waals surface area contributed by atoms with Gasteiger partial charge in [-0.05, 0) is 96.3 Å². The molecule has 0 spiro atoms. The molecular formula is C65H120O6. The van der Waals surface area contributed by atoms with Gasteiger partial charge in [0.05, 0.1) is 0 Å². The molecule has 0 aromatic carbocycles. The number of allylic oxidation sites excluding steroid dienone is 6. The van der Waals surface area contributed by atoms with Gasteiger partial charge < -0.3 is 14.2 Å². The van der Waals surface area contributed by atoms with E-state index in [-0.39, 0.29) is 31.1 Å². The van der Waals surface area contributed by atoms with Gasteiger partial charge in [-0.1, -0.05) is 263 Å². The van der Waals surface area contributed by atoms with Gasteiger partial charge in [0, 0.05) is 19.3 Å². The summed E-state index contributed by atoms with van der Waals surface area (Å²) in [5, 5.41) is 0.